The van der Waals surface area contributed by atoms with Crippen molar-refractivity contribution in [2.45, 2.75) is 94.9 Å². The third kappa shape index (κ3) is 7.14. The number of benzene rings is 8. The summed E-state index contributed by atoms with van der Waals surface area (Å²) in [5.74, 6) is 1.27. The standard InChI is InChI=1S/C66H60N2/c1-3-23-49(24-4-1)65-57-41-39-51(67(61-35-15-27-45-19-7-11-31-53(45)61)62-36-16-28-46-20-8-12-32-54(46)62)43-59(57)66(50-25-5-2-6-26-50)60-44-52(40-42-58(60)65)68(63-37-17-29-47-21-9-13-33-55(47)63)64-38-18-30-48-22-10-14-34-56(48)64/h7-13,15-22,27-33,35-44,49-50,53,61H,1-6,14,23-26,34H2. The maximum atomic E-state index is 2.69. The molecule has 2 heteroatoms. The minimum Gasteiger partial charge on any atom is -0.333 e. The number of hydrogen-bond acceptors (Lipinski definition) is 2. The summed E-state index contributed by atoms with van der Waals surface area (Å²) >= 11 is 0. The first-order valence-corrected chi connectivity index (χ1v) is 25.9. The molecule has 0 aromatic heterocycles. The molecule has 0 amide bonds. The normalized spacial score (nSPS) is 19.4. The molecule has 2 unspecified atom stereocenters. The molecule has 2 fully saturated rings. The number of anilines is 5. The molecule has 5 aliphatic carbocycles. The lowest BCUT2D eigenvalue weighted by molar-refractivity contribution is 0.445. The second-order valence-electron chi connectivity index (χ2n) is 20.3. The van der Waals surface area contributed by atoms with E-state index in [1.807, 2.05) is 0 Å². The van der Waals surface area contributed by atoms with Crippen LogP contribution in [0.2, 0.25) is 0 Å². The highest BCUT2D eigenvalue weighted by atomic mass is 15.2. The van der Waals surface area contributed by atoms with Crippen molar-refractivity contribution in [3.63, 3.8) is 0 Å². The highest BCUT2D eigenvalue weighted by molar-refractivity contribution is 6.10. The van der Waals surface area contributed by atoms with E-state index >= 15 is 0 Å². The lowest BCUT2D eigenvalue weighted by Gasteiger charge is -2.39. The Morgan fingerprint density at radius 1 is 0.441 bits per heavy atom. The van der Waals surface area contributed by atoms with Crippen LogP contribution in [0.1, 0.15) is 105 Å². The van der Waals surface area contributed by atoms with Crippen LogP contribution >= 0.6 is 0 Å². The minimum atomic E-state index is 0.114. The van der Waals surface area contributed by atoms with Gasteiger partial charge in [0.2, 0.25) is 0 Å². The van der Waals surface area contributed by atoms with Crippen LogP contribution in [0.5, 0.6) is 0 Å². The summed E-state index contributed by atoms with van der Waals surface area (Å²) < 4.78 is 0. The molecule has 2 atom stereocenters. The number of rotatable bonds is 8. The molecule has 2 saturated carbocycles. The van der Waals surface area contributed by atoms with E-state index in [2.05, 4.69) is 204 Å². The van der Waals surface area contributed by atoms with Crippen LogP contribution in [-0.4, -0.2) is 6.04 Å². The van der Waals surface area contributed by atoms with Gasteiger partial charge in [-0.2, -0.15) is 0 Å². The predicted octanol–water partition coefficient (Wildman–Crippen LogP) is 18.6. The van der Waals surface area contributed by atoms with Crippen LogP contribution in [0.25, 0.3) is 49.2 Å². The largest absolute Gasteiger partial charge is 0.333 e. The SMILES string of the molecule is C1=CC2=CC=CC(N(c3ccc4c(C5CCCCC5)c5ccc(N(c6cccc7c6CCC=C7)c6cccc7ccccc67)cc5c(C5CCCCC5)c4c3)c3cccc4ccccc34)C2C=C1. The van der Waals surface area contributed by atoms with Gasteiger partial charge in [0.15, 0.2) is 0 Å². The summed E-state index contributed by atoms with van der Waals surface area (Å²) in [5, 5.41) is 11.0. The van der Waals surface area contributed by atoms with E-state index in [1.165, 1.54) is 152 Å². The molecule has 0 N–H and O–H groups in total. The maximum Gasteiger partial charge on any atom is 0.0628 e. The first-order chi connectivity index (χ1) is 33.8. The first-order valence-electron chi connectivity index (χ1n) is 25.9. The zero-order valence-corrected chi connectivity index (χ0v) is 39.2. The van der Waals surface area contributed by atoms with Crippen LogP contribution in [0.15, 0.2) is 194 Å². The fourth-order valence-corrected chi connectivity index (χ4v) is 13.3. The summed E-state index contributed by atoms with van der Waals surface area (Å²) in [6.07, 6.45) is 35.9. The van der Waals surface area contributed by atoms with Crippen LogP contribution in [0, 0.1) is 5.92 Å². The number of hydrogen-bond donors (Lipinski definition) is 0. The molecule has 0 aliphatic heterocycles. The third-order valence-electron chi connectivity index (χ3n) is 16.4. The molecule has 68 heavy (non-hydrogen) atoms. The molecular formula is C66H60N2. The molecule has 2 nitrogen and oxygen atoms in total. The van der Waals surface area contributed by atoms with Crippen molar-refractivity contribution in [3.8, 4) is 0 Å². The number of nitrogens with zero attached hydrogens (tertiary/aromatic N) is 2. The third-order valence-corrected chi connectivity index (χ3v) is 16.4. The average molecular weight is 881 g/mol. The molecular weight excluding hydrogens is 821 g/mol. The summed E-state index contributed by atoms with van der Waals surface area (Å²) in [6, 6.07) is 54.2. The smallest absolute Gasteiger partial charge is 0.0628 e. The van der Waals surface area contributed by atoms with E-state index in [-0.39, 0.29) is 12.0 Å². The summed E-state index contributed by atoms with van der Waals surface area (Å²) in [4.78, 5) is 5.32. The number of fused-ring (bicyclic) bond motifs is 6. The average Bonchev–Trinajstić information content (AvgIpc) is 3.41. The zero-order valence-electron chi connectivity index (χ0n) is 39.2. The van der Waals surface area contributed by atoms with Gasteiger partial charge in [0, 0.05) is 39.4 Å². The van der Waals surface area contributed by atoms with E-state index in [1.54, 1.807) is 11.1 Å². The van der Waals surface area contributed by atoms with Crippen molar-refractivity contribution in [2.75, 3.05) is 9.80 Å². The lowest BCUT2D eigenvalue weighted by atomic mass is 9.74. The van der Waals surface area contributed by atoms with Crippen molar-refractivity contribution >= 4 is 77.6 Å². The Morgan fingerprint density at radius 2 is 1.04 bits per heavy atom. The second kappa shape index (κ2) is 17.6. The Balaban J connectivity index is 1.10. The summed E-state index contributed by atoms with van der Waals surface area (Å²) in [7, 11) is 0. The molecule has 0 radical (unpaired) electrons. The summed E-state index contributed by atoms with van der Waals surface area (Å²) in [5.41, 5.74) is 13.6. The molecule has 13 rings (SSSR count). The monoisotopic (exact) mass is 880 g/mol. The molecule has 8 aromatic rings. The molecule has 0 heterocycles. The van der Waals surface area contributed by atoms with Gasteiger partial charge >= 0.3 is 0 Å². The van der Waals surface area contributed by atoms with E-state index in [4.69, 9.17) is 0 Å². The highest BCUT2D eigenvalue weighted by Gasteiger charge is 2.33. The fourth-order valence-electron chi connectivity index (χ4n) is 13.3. The van der Waals surface area contributed by atoms with E-state index in [0.717, 1.165) is 12.8 Å². The molecule has 334 valence electrons. The Morgan fingerprint density at radius 3 is 1.78 bits per heavy atom. The van der Waals surface area contributed by atoms with Gasteiger partial charge in [0.05, 0.1) is 11.7 Å². The maximum absolute atomic E-state index is 2.69. The van der Waals surface area contributed by atoms with Crippen LogP contribution in [0.4, 0.5) is 28.4 Å². The Labute approximate surface area is 402 Å². The van der Waals surface area contributed by atoms with Crippen LogP contribution in [0.3, 0.4) is 0 Å². The van der Waals surface area contributed by atoms with Crippen molar-refractivity contribution in [2.24, 2.45) is 5.92 Å². The zero-order chi connectivity index (χ0) is 45.0. The predicted molar refractivity (Wildman–Crippen MR) is 292 cm³/mol. The summed E-state index contributed by atoms with van der Waals surface area (Å²) in [6.45, 7) is 0. The van der Waals surface area contributed by atoms with Crippen LogP contribution in [-0.2, 0) is 6.42 Å². The van der Waals surface area contributed by atoms with Gasteiger partial charge in [0.25, 0.3) is 0 Å². The van der Waals surface area contributed by atoms with Crippen molar-refractivity contribution in [3.05, 3.63) is 216 Å². The first kappa shape index (κ1) is 41.3. The van der Waals surface area contributed by atoms with E-state index in [9.17, 15) is 0 Å². The van der Waals surface area contributed by atoms with Gasteiger partial charge in [-0.25, -0.2) is 0 Å². The Hall–Kier alpha value is -6.90. The van der Waals surface area contributed by atoms with Gasteiger partial charge in [-0.1, -0.05) is 190 Å². The molecule has 8 aromatic carbocycles. The quantitative estimate of drug-likeness (QED) is 0.140. The number of allylic oxidation sites excluding steroid dienone is 6. The molecule has 0 saturated heterocycles. The van der Waals surface area contributed by atoms with Gasteiger partial charge in [0.1, 0.15) is 0 Å². The van der Waals surface area contributed by atoms with Crippen molar-refractivity contribution in [1.82, 2.24) is 0 Å². The van der Waals surface area contributed by atoms with Gasteiger partial charge in [-0.15, -0.1) is 0 Å². The lowest BCUT2D eigenvalue weighted by Crippen LogP contribution is -2.37. The van der Waals surface area contributed by atoms with Gasteiger partial charge < -0.3 is 9.80 Å². The second-order valence-corrected chi connectivity index (χ2v) is 20.3. The molecule has 0 spiro atoms. The van der Waals surface area contributed by atoms with Crippen molar-refractivity contribution in [1.29, 1.82) is 0 Å². The fraction of sp³-hybridized carbons (Fsp3) is 0.242. The topological polar surface area (TPSA) is 6.48 Å². The van der Waals surface area contributed by atoms with Crippen molar-refractivity contribution < 1.29 is 0 Å². The Kier molecular flexibility index (Phi) is 10.7. The highest BCUT2D eigenvalue weighted by Crippen LogP contribution is 2.51. The Bertz CT molecular complexity index is 3390. The van der Waals surface area contributed by atoms with E-state index < -0.39 is 0 Å². The van der Waals surface area contributed by atoms with E-state index in [0.29, 0.717) is 11.8 Å². The van der Waals surface area contributed by atoms with Gasteiger partial charge in [-0.05, 0) is 153 Å². The van der Waals surface area contributed by atoms with Crippen LogP contribution < -0.4 is 9.80 Å². The van der Waals surface area contributed by atoms with Gasteiger partial charge in [-0.3, -0.25) is 0 Å². The minimum absolute atomic E-state index is 0.114. The molecule has 5 aliphatic rings. The molecule has 0 bridgehead atoms.